The van der Waals surface area contributed by atoms with Crippen LogP contribution in [-0.4, -0.2) is 59.5 Å². The van der Waals surface area contributed by atoms with Crippen molar-refractivity contribution in [3.63, 3.8) is 0 Å². The van der Waals surface area contributed by atoms with Gasteiger partial charge in [-0.1, -0.05) is 18.2 Å². The third-order valence-electron chi connectivity index (χ3n) is 4.69. The van der Waals surface area contributed by atoms with E-state index >= 15 is 0 Å². The Morgan fingerprint density at radius 2 is 1.66 bits per heavy atom. The van der Waals surface area contributed by atoms with Crippen molar-refractivity contribution >= 4 is 15.9 Å². The zero-order chi connectivity index (χ0) is 21.4. The van der Waals surface area contributed by atoms with E-state index in [1.165, 1.54) is 21.3 Å². The molecule has 0 saturated carbocycles. The molecule has 2 heterocycles. The molecule has 0 radical (unpaired) electrons. The van der Waals surface area contributed by atoms with Crippen LogP contribution in [0.5, 0.6) is 0 Å². The van der Waals surface area contributed by atoms with Crippen LogP contribution in [0.25, 0.3) is 0 Å². The Bertz CT molecular complexity index is 980. The zero-order valence-electron chi connectivity index (χ0n) is 15.9. The molecule has 0 N–H and O–H groups in total. The first kappa shape index (κ1) is 21.3. The lowest BCUT2D eigenvalue weighted by molar-refractivity contribution is -0.145. The van der Waals surface area contributed by atoms with Gasteiger partial charge in [0.1, 0.15) is 0 Å². The normalized spacial score (nSPS) is 16.4. The molecule has 11 heteroatoms. The summed E-state index contributed by atoms with van der Waals surface area (Å²) >= 11 is 0. The molecule has 3 rings (SSSR count). The number of carbonyl (C=O) groups excluding carboxylic acids is 1. The minimum absolute atomic E-state index is 0.00262. The third-order valence-corrected chi connectivity index (χ3v) is 6.60. The first-order valence-corrected chi connectivity index (χ1v) is 10.5. The fourth-order valence-electron chi connectivity index (χ4n) is 3.24. The number of rotatable bonds is 4. The van der Waals surface area contributed by atoms with Crippen molar-refractivity contribution in [1.29, 1.82) is 0 Å². The third kappa shape index (κ3) is 4.15. The van der Waals surface area contributed by atoms with Crippen molar-refractivity contribution in [2.75, 3.05) is 26.2 Å². The molecule has 1 aromatic carbocycles. The zero-order valence-corrected chi connectivity index (χ0v) is 16.7. The molecular weight excluding hydrogens is 409 g/mol. The van der Waals surface area contributed by atoms with Crippen LogP contribution in [0.4, 0.5) is 13.2 Å². The maximum Gasteiger partial charge on any atom is 0.433 e. The van der Waals surface area contributed by atoms with E-state index in [4.69, 9.17) is 0 Å². The van der Waals surface area contributed by atoms with Crippen molar-refractivity contribution in [2.45, 2.75) is 31.0 Å². The van der Waals surface area contributed by atoms with Gasteiger partial charge in [0.15, 0.2) is 5.69 Å². The summed E-state index contributed by atoms with van der Waals surface area (Å²) in [6.45, 7) is 3.09. The molecule has 1 saturated heterocycles. The lowest BCUT2D eigenvalue weighted by Gasteiger charge is -2.34. The number of nitrogens with zero attached hydrogens (tertiary/aromatic N) is 4. The van der Waals surface area contributed by atoms with Gasteiger partial charge in [0.05, 0.1) is 16.7 Å². The van der Waals surface area contributed by atoms with Gasteiger partial charge in [-0.05, 0) is 26.0 Å². The second kappa shape index (κ2) is 7.79. The van der Waals surface area contributed by atoms with Crippen molar-refractivity contribution in [3.8, 4) is 0 Å². The largest absolute Gasteiger partial charge is 0.433 e. The monoisotopic (exact) mass is 430 g/mol. The quantitative estimate of drug-likeness (QED) is 0.747. The van der Waals surface area contributed by atoms with E-state index in [0.717, 1.165) is 10.9 Å². The molecule has 1 amide bonds. The number of halogens is 3. The summed E-state index contributed by atoms with van der Waals surface area (Å²) in [4.78, 5) is 14.1. The van der Waals surface area contributed by atoms with E-state index in [9.17, 15) is 26.4 Å². The second-order valence-corrected chi connectivity index (χ2v) is 8.89. The van der Waals surface area contributed by atoms with Crippen molar-refractivity contribution in [3.05, 3.63) is 47.8 Å². The predicted molar refractivity (Wildman–Crippen MR) is 98.7 cm³/mol. The Kier molecular flexibility index (Phi) is 5.72. The maximum atomic E-state index is 13.5. The number of benzene rings is 1. The summed E-state index contributed by atoms with van der Waals surface area (Å²) in [6, 6.07) is 7.30. The summed E-state index contributed by atoms with van der Waals surface area (Å²) in [5, 5.41) is 3.73. The van der Waals surface area contributed by atoms with Gasteiger partial charge in [0.25, 0.3) is 5.91 Å². The first-order chi connectivity index (χ1) is 13.5. The number of alkyl halides is 3. The Balaban J connectivity index is 1.78. The molecule has 1 aromatic heterocycles. The summed E-state index contributed by atoms with van der Waals surface area (Å²) in [6.07, 6.45) is -3.80. The number of hydrogen-bond donors (Lipinski definition) is 0. The molecule has 1 aliphatic rings. The molecule has 0 bridgehead atoms. The Hall–Kier alpha value is -2.40. The fraction of sp³-hybridized carbons (Fsp3) is 0.444. The average Bonchev–Trinajstić information content (AvgIpc) is 3.14. The van der Waals surface area contributed by atoms with Crippen molar-refractivity contribution in [1.82, 2.24) is 19.0 Å². The van der Waals surface area contributed by atoms with Gasteiger partial charge in [-0.25, -0.2) is 8.42 Å². The van der Waals surface area contributed by atoms with Gasteiger partial charge >= 0.3 is 6.18 Å². The second-order valence-electron chi connectivity index (χ2n) is 6.95. The lowest BCUT2D eigenvalue weighted by Crippen LogP contribution is -2.50. The fourth-order valence-corrected chi connectivity index (χ4v) is 4.68. The summed E-state index contributed by atoms with van der Waals surface area (Å²) < 4.78 is 67.9. The van der Waals surface area contributed by atoms with Crippen LogP contribution >= 0.6 is 0 Å². The molecule has 0 aliphatic carbocycles. The lowest BCUT2D eigenvalue weighted by atomic mass is 10.2. The topological polar surface area (TPSA) is 75.5 Å². The first-order valence-electron chi connectivity index (χ1n) is 9.02. The molecule has 0 atom stereocenters. The van der Waals surface area contributed by atoms with Crippen LogP contribution in [0.3, 0.4) is 0 Å². The van der Waals surface area contributed by atoms with Crippen LogP contribution < -0.4 is 0 Å². The molecule has 7 nitrogen and oxygen atoms in total. The van der Waals surface area contributed by atoms with Crippen molar-refractivity contribution < 1.29 is 26.4 Å². The number of sulfonamides is 1. The van der Waals surface area contributed by atoms with Crippen LogP contribution in [-0.2, 0) is 16.2 Å². The number of hydrogen-bond acceptors (Lipinski definition) is 4. The van der Waals surface area contributed by atoms with E-state index in [1.54, 1.807) is 32.0 Å². The smallest absolute Gasteiger partial charge is 0.336 e. The van der Waals surface area contributed by atoms with E-state index < -0.39 is 39.4 Å². The number of aromatic nitrogens is 2. The Morgan fingerprint density at radius 3 is 2.17 bits per heavy atom. The van der Waals surface area contributed by atoms with E-state index in [2.05, 4.69) is 5.10 Å². The average molecular weight is 430 g/mol. The van der Waals surface area contributed by atoms with E-state index in [1.807, 2.05) is 0 Å². The van der Waals surface area contributed by atoms with E-state index in [-0.39, 0.29) is 31.1 Å². The number of piperazine rings is 1. The van der Waals surface area contributed by atoms with Gasteiger partial charge in [-0.3, -0.25) is 9.48 Å². The molecule has 1 fully saturated rings. The summed E-state index contributed by atoms with van der Waals surface area (Å²) in [5.41, 5.74) is -1.61. The Morgan fingerprint density at radius 1 is 1.07 bits per heavy atom. The molecule has 1 aliphatic heterocycles. The maximum absolute atomic E-state index is 13.5. The molecule has 158 valence electrons. The van der Waals surface area contributed by atoms with Gasteiger partial charge in [0, 0.05) is 32.2 Å². The van der Waals surface area contributed by atoms with Crippen LogP contribution in [0.2, 0.25) is 0 Å². The highest BCUT2D eigenvalue weighted by Gasteiger charge is 2.42. The van der Waals surface area contributed by atoms with Crippen molar-refractivity contribution in [2.24, 2.45) is 0 Å². The number of amides is 1. The minimum Gasteiger partial charge on any atom is -0.336 e. The highest BCUT2D eigenvalue weighted by Crippen LogP contribution is 2.34. The predicted octanol–water partition coefficient (Wildman–Crippen LogP) is 2.63. The Labute approximate surface area is 166 Å². The minimum atomic E-state index is -4.73. The van der Waals surface area contributed by atoms with Crippen LogP contribution in [0.1, 0.15) is 35.9 Å². The van der Waals surface area contributed by atoms with Crippen LogP contribution in [0, 0.1) is 0 Å². The van der Waals surface area contributed by atoms with Gasteiger partial charge in [-0.15, -0.1) is 0 Å². The molecule has 2 aromatic rings. The highest BCUT2D eigenvalue weighted by molar-refractivity contribution is 7.89. The SMILES string of the molecule is CC(C)n1ncc(C(=O)N2CCN(S(=O)(=O)c3ccccc3)CC2)c1C(F)(F)F. The standard InChI is InChI=1S/C18H21F3N4O3S/c1-13(2)25-16(18(19,20)21)15(12-22-25)17(26)23-8-10-24(11-9-23)29(27,28)14-6-4-3-5-7-14/h3-7,12-13H,8-11H2,1-2H3. The molecular formula is C18H21F3N4O3S. The van der Waals surface area contributed by atoms with E-state index in [0.29, 0.717) is 0 Å². The van der Waals surface area contributed by atoms with Gasteiger partial charge in [-0.2, -0.15) is 22.6 Å². The molecule has 0 spiro atoms. The highest BCUT2D eigenvalue weighted by atomic mass is 32.2. The molecule has 0 unspecified atom stereocenters. The van der Waals surface area contributed by atoms with Gasteiger partial charge in [0.2, 0.25) is 10.0 Å². The molecule has 29 heavy (non-hydrogen) atoms. The summed E-state index contributed by atoms with van der Waals surface area (Å²) in [7, 11) is -3.72. The number of carbonyl (C=O) groups is 1. The van der Waals surface area contributed by atoms with Crippen LogP contribution in [0.15, 0.2) is 41.4 Å². The summed E-state index contributed by atoms with van der Waals surface area (Å²) in [5.74, 6) is -0.805. The van der Waals surface area contributed by atoms with Gasteiger partial charge < -0.3 is 4.90 Å².